The number of thiazole rings is 1. The number of nitrogens with one attached hydrogen (secondary N) is 1. The molecule has 0 radical (unpaired) electrons. The summed E-state index contributed by atoms with van der Waals surface area (Å²) in [7, 11) is 0. The van der Waals surface area contributed by atoms with Crippen molar-refractivity contribution in [3.8, 4) is 0 Å². The van der Waals surface area contributed by atoms with E-state index in [4.69, 9.17) is 5.11 Å². The number of thioether (sulfide) groups is 2. The molecule has 0 unspecified atom stereocenters. The van der Waals surface area contributed by atoms with Gasteiger partial charge in [-0.05, 0) is 37.1 Å². The number of carboxylic acid groups (broad SMARTS) is 1. The van der Waals surface area contributed by atoms with Crippen LogP contribution in [-0.4, -0.2) is 51.1 Å². The summed E-state index contributed by atoms with van der Waals surface area (Å²) in [5.74, 6) is 0.0900. The number of rotatable bonds is 10. The number of hydrogen-bond acceptors (Lipinski definition) is 6. The smallest absolute Gasteiger partial charge is 0.323 e. The van der Waals surface area contributed by atoms with Crippen LogP contribution in [0.1, 0.15) is 38.5 Å². The molecule has 2 N–H and O–H groups in total. The van der Waals surface area contributed by atoms with Crippen LogP contribution in [-0.2, 0) is 4.79 Å². The van der Waals surface area contributed by atoms with E-state index in [1.165, 1.54) is 47.3 Å². The average Bonchev–Trinajstić information content (AvgIpc) is 3.21. The Bertz CT molecular complexity index is 810. The minimum Gasteiger partial charge on any atom is -0.481 e. The molecule has 0 aliphatic heterocycles. The fourth-order valence-corrected chi connectivity index (χ4v) is 5.90. The number of hydrogen-bond donors (Lipinski definition) is 2. The molecule has 2 aromatic rings. The van der Waals surface area contributed by atoms with Gasteiger partial charge in [0.05, 0.1) is 16.2 Å². The Morgan fingerprint density at radius 2 is 1.93 bits per heavy atom. The van der Waals surface area contributed by atoms with Crippen LogP contribution in [0.4, 0.5) is 9.93 Å². The van der Waals surface area contributed by atoms with E-state index < -0.39 is 5.97 Å². The molecule has 0 bridgehead atoms. The molecular formula is C21H27N3O3S3. The monoisotopic (exact) mass is 465 g/mol. The summed E-state index contributed by atoms with van der Waals surface area (Å²) in [6.45, 7) is 0.725. The third-order valence-electron chi connectivity index (χ3n) is 4.87. The molecule has 0 spiro atoms. The Balaban J connectivity index is 1.54. The summed E-state index contributed by atoms with van der Waals surface area (Å²) in [4.78, 5) is 31.2. The van der Waals surface area contributed by atoms with Gasteiger partial charge in [0.25, 0.3) is 0 Å². The van der Waals surface area contributed by atoms with Crippen LogP contribution in [0.25, 0.3) is 0 Å². The minimum absolute atomic E-state index is 0.0111. The number of carboxylic acids is 1. The van der Waals surface area contributed by atoms with Crippen LogP contribution in [0.3, 0.4) is 0 Å². The molecule has 0 atom stereocenters. The lowest BCUT2D eigenvalue weighted by Crippen LogP contribution is -2.44. The van der Waals surface area contributed by atoms with Crippen LogP contribution in [0.15, 0.2) is 45.6 Å². The highest BCUT2D eigenvalue weighted by Gasteiger charge is 2.25. The lowest BCUT2D eigenvalue weighted by Gasteiger charge is -2.34. The van der Waals surface area contributed by atoms with Crippen molar-refractivity contribution in [1.29, 1.82) is 0 Å². The molecular weight excluding hydrogens is 438 g/mol. The van der Waals surface area contributed by atoms with Gasteiger partial charge >= 0.3 is 12.0 Å². The number of aliphatic carboxylic acids is 1. The van der Waals surface area contributed by atoms with E-state index in [1.54, 1.807) is 6.20 Å². The quantitative estimate of drug-likeness (QED) is 0.348. The van der Waals surface area contributed by atoms with E-state index in [1.807, 2.05) is 34.9 Å². The van der Waals surface area contributed by atoms with Crippen LogP contribution in [0.2, 0.25) is 0 Å². The van der Waals surface area contributed by atoms with E-state index in [0.29, 0.717) is 5.13 Å². The molecule has 1 aromatic heterocycles. The standard InChI is InChI=1S/C21H27N3O3S3/c25-18(26)15-29-19-14-22-20(30-19)23-21(27)24(16-8-3-1-4-9-16)12-7-13-28-17-10-5-2-6-11-17/h2,5-6,10-11,14,16H,1,3-4,7-9,12-13,15H2,(H,25,26)(H,22,23,27). The van der Waals surface area contributed by atoms with Gasteiger partial charge in [-0.3, -0.25) is 10.1 Å². The van der Waals surface area contributed by atoms with Crippen molar-refractivity contribution >= 4 is 52.0 Å². The zero-order valence-electron chi connectivity index (χ0n) is 16.8. The Kier molecular flexibility index (Phi) is 9.35. The maximum atomic E-state index is 13.0. The SMILES string of the molecule is O=C(O)CSc1cnc(NC(=O)N(CCCSc2ccccc2)C2CCCCC2)s1. The molecule has 6 nitrogen and oxygen atoms in total. The number of benzene rings is 1. The van der Waals surface area contributed by atoms with E-state index in [2.05, 4.69) is 22.4 Å². The second-order valence-electron chi connectivity index (χ2n) is 7.10. The Hall–Kier alpha value is -1.71. The number of carbonyl (C=O) groups excluding carboxylic acids is 1. The zero-order chi connectivity index (χ0) is 21.2. The Morgan fingerprint density at radius 1 is 1.17 bits per heavy atom. The Labute approximate surface area is 189 Å². The van der Waals surface area contributed by atoms with E-state index in [9.17, 15) is 9.59 Å². The van der Waals surface area contributed by atoms with Gasteiger partial charge < -0.3 is 10.0 Å². The van der Waals surface area contributed by atoms with Crippen LogP contribution in [0, 0.1) is 0 Å². The topological polar surface area (TPSA) is 82.5 Å². The summed E-state index contributed by atoms with van der Waals surface area (Å²) < 4.78 is 0.788. The maximum Gasteiger partial charge on any atom is 0.323 e. The van der Waals surface area contributed by atoms with Crippen molar-refractivity contribution in [2.45, 2.75) is 53.7 Å². The normalized spacial score (nSPS) is 14.4. The van der Waals surface area contributed by atoms with Crippen LogP contribution >= 0.6 is 34.9 Å². The van der Waals surface area contributed by atoms with Gasteiger partial charge in [-0.25, -0.2) is 9.78 Å². The molecule has 2 amide bonds. The van der Waals surface area contributed by atoms with Gasteiger partial charge in [-0.15, -0.1) is 23.5 Å². The minimum atomic E-state index is -0.865. The number of carbonyl (C=O) groups is 2. The highest BCUT2D eigenvalue weighted by atomic mass is 32.2. The molecule has 3 rings (SSSR count). The van der Waals surface area contributed by atoms with Crippen molar-refractivity contribution in [2.75, 3.05) is 23.4 Å². The first-order valence-electron chi connectivity index (χ1n) is 10.2. The first-order chi connectivity index (χ1) is 14.6. The lowest BCUT2D eigenvalue weighted by atomic mass is 9.94. The van der Waals surface area contributed by atoms with Gasteiger partial charge in [0.1, 0.15) is 0 Å². The van der Waals surface area contributed by atoms with Crippen molar-refractivity contribution < 1.29 is 14.7 Å². The summed E-state index contributed by atoms with van der Waals surface area (Å²) >= 11 is 4.35. The highest BCUT2D eigenvalue weighted by Crippen LogP contribution is 2.29. The van der Waals surface area contributed by atoms with Gasteiger partial charge in [0, 0.05) is 17.5 Å². The molecule has 1 aliphatic rings. The zero-order valence-corrected chi connectivity index (χ0v) is 19.2. The predicted octanol–water partition coefficient (Wildman–Crippen LogP) is 5.67. The third-order valence-corrected chi connectivity index (χ3v) is 8.06. The molecule has 1 saturated carbocycles. The van der Waals surface area contributed by atoms with Crippen molar-refractivity contribution in [2.24, 2.45) is 0 Å². The second-order valence-corrected chi connectivity index (χ2v) is 10.6. The van der Waals surface area contributed by atoms with Gasteiger partial charge in [-0.1, -0.05) is 48.8 Å². The second kappa shape index (κ2) is 12.2. The van der Waals surface area contributed by atoms with Crippen molar-refractivity contribution in [3.05, 3.63) is 36.5 Å². The molecule has 9 heteroatoms. The van der Waals surface area contributed by atoms with E-state index in [-0.39, 0.29) is 17.8 Å². The largest absolute Gasteiger partial charge is 0.481 e. The fraction of sp³-hybridized carbons (Fsp3) is 0.476. The first-order valence-corrected chi connectivity index (χ1v) is 13.0. The fourth-order valence-electron chi connectivity index (χ4n) is 3.46. The maximum absolute atomic E-state index is 13.0. The number of aromatic nitrogens is 1. The average molecular weight is 466 g/mol. The molecule has 162 valence electrons. The molecule has 30 heavy (non-hydrogen) atoms. The highest BCUT2D eigenvalue weighted by molar-refractivity contribution is 8.01. The van der Waals surface area contributed by atoms with Crippen molar-refractivity contribution in [1.82, 2.24) is 9.88 Å². The molecule has 1 aliphatic carbocycles. The predicted molar refractivity (Wildman–Crippen MR) is 125 cm³/mol. The summed E-state index contributed by atoms with van der Waals surface area (Å²) in [6, 6.07) is 10.5. The molecule has 1 heterocycles. The van der Waals surface area contributed by atoms with E-state index in [0.717, 1.165) is 35.8 Å². The number of urea groups is 1. The number of nitrogens with zero attached hydrogens (tertiary/aromatic N) is 2. The number of amides is 2. The van der Waals surface area contributed by atoms with Crippen molar-refractivity contribution in [3.63, 3.8) is 0 Å². The summed E-state index contributed by atoms with van der Waals surface area (Å²) in [5, 5.41) is 12.3. The lowest BCUT2D eigenvalue weighted by molar-refractivity contribution is -0.133. The molecule has 1 fully saturated rings. The van der Waals surface area contributed by atoms with Gasteiger partial charge in [0.15, 0.2) is 5.13 Å². The van der Waals surface area contributed by atoms with E-state index >= 15 is 0 Å². The third kappa shape index (κ3) is 7.52. The van der Waals surface area contributed by atoms with Gasteiger partial charge in [0.2, 0.25) is 0 Å². The number of anilines is 1. The summed E-state index contributed by atoms with van der Waals surface area (Å²) in [6.07, 6.45) is 8.23. The summed E-state index contributed by atoms with van der Waals surface area (Å²) in [5.41, 5.74) is 0. The first kappa shape index (κ1) is 23.0. The van der Waals surface area contributed by atoms with Gasteiger partial charge in [-0.2, -0.15) is 0 Å². The van der Waals surface area contributed by atoms with Crippen LogP contribution in [0.5, 0.6) is 0 Å². The van der Waals surface area contributed by atoms with Crippen LogP contribution < -0.4 is 5.32 Å². The Morgan fingerprint density at radius 3 is 2.67 bits per heavy atom. The molecule has 0 saturated heterocycles. The molecule has 1 aromatic carbocycles.